The van der Waals surface area contributed by atoms with Gasteiger partial charge in [-0.25, -0.2) is 0 Å². The van der Waals surface area contributed by atoms with Crippen molar-refractivity contribution in [1.29, 1.82) is 0 Å². The van der Waals surface area contributed by atoms with Crippen molar-refractivity contribution in [3.8, 4) is 0 Å². The highest BCUT2D eigenvalue weighted by molar-refractivity contribution is 6.30. The molecule has 0 saturated carbocycles. The standard InChI is InChI=1S/C19H28ClN3O/c20-16-3-1-2-15(12-16)19-13-22(17-6-10-24-11-7-17)14-23(19)18-4-8-21-9-5-18/h1-3,12,17-19,21H,4-11,13-14H2. The number of benzene rings is 1. The van der Waals surface area contributed by atoms with E-state index in [9.17, 15) is 0 Å². The van der Waals surface area contributed by atoms with Crippen molar-refractivity contribution >= 4 is 11.6 Å². The molecule has 132 valence electrons. The van der Waals surface area contributed by atoms with Crippen molar-refractivity contribution in [3.05, 3.63) is 34.9 Å². The van der Waals surface area contributed by atoms with Crippen molar-refractivity contribution < 1.29 is 4.74 Å². The monoisotopic (exact) mass is 349 g/mol. The highest BCUT2D eigenvalue weighted by atomic mass is 35.5. The van der Waals surface area contributed by atoms with Gasteiger partial charge in [0.05, 0.1) is 6.67 Å². The quantitative estimate of drug-likeness (QED) is 0.908. The van der Waals surface area contributed by atoms with Gasteiger partial charge >= 0.3 is 0 Å². The zero-order valence-corrected chi connectivity index (χ0v) is 15.0. The highest BCUT2D eigenvalue weighted by Gasteiger charge is 2.39. The Kier molecular flexibility index (Phi) is 5.40. The number of rotatable bonds is 3. The molecule has 0 aliphatic carbocycles. The number of ether oxygens (including phenoxy) is 1. The van der Waals surface area contributed by atoms with Gasteiger partial charge in [0.15, 0.2) is 0 Å². The van der Waals surface area contributed by atoms with Gasteiger partial charge < -0.3 is 10.1 Å². The van der Waals surface area contributed by atoms with Crippen LogP contribution < -0.4 is 5.32 Å². The Morgan fingerprint density at radius 1 is 1.04 bits per heavy atom. The maximum atomic E-state index is 6.28. The van der Waals surface area contributed by atoms with Crippen LogP contribution >= 0.6 is 11.6 Å². The molecule has 1 atom stereocenters. The van der Waals surface area contributed by atoms with Crippen molar-refractivity contribution in [2.45, 2.75) is 43.8 Å². The summed E-state index contributed by atoms with van der Waals surface area (Å²) in [6, 6.07) is 10.3. The molecule has 0 amide bonds. The molecule has 5 heteroatoms. The third kappa shape index (κ3) is 3.63. The molecule has 0 radical (unpaired) electrons. The van der Waals surface area contributed by atoms with Crippen molar-refractivity contribution in [2.75, 3.05) is 39.5 Å². The van der Waals surface area contributed by atoms with Crippen LogP contribution in [0.4, 0.5) is 0 Å². The molecule has 3 aliphatic heterocycles. The summed E-state index contributed by atoms with van der Waals surface area (Å²) in [5, 5.41) is 4.35. The van der Waals surface area contributed by atoms with Gasteiger partial charge in [-0.1, -0.05) is 23.7 Å². The molecule has 3 saturated heterocycles. The van der Waals surface area contributed by atoms with Crippen LogP contribution in [0.5, 0.6) is 0 Å². The SMILES string of the molecule is Clc1cccc(C2CN(C3CCOCC3)CN2C2CCNCC2)c1. The second-order valence-electron chi connectivity index (χ2n) is 7.32. The molecule has 1 N–H and O–H groups in total. The van der Waals surface area contributed by atoms with E-state index in [2.05, 4.69) is 33.3 Å². The summed E-state index contributed by atoms with van der Waals surface area (Å²) < 4.78 is 5.56. The van der Waals surface area contributed by atoms with Gasteiger partial charge in [0.1, 0.15) is 0 Å². The fourth-order valence-corrected chi connectivity index (χ4v) is 4.73. The maximum absolute atomic E-state index is 6.28. The molecule has 0 bridgehead atoms. The molecule has 4 nitrogen and oxygen atoms in total. The van der Waals surface area contributed by atoms with Gasteiger partial charge in [0.25, 0.3) is 0 Å². The minimum atomic E-state index is 0.467. The summed E-state index contributed by atoms with van der Waals surface area (Å²) >= 11 is 6.28. The lowest BCUT2D eigenvalue weighted by Gasteiger charge is -2.36. The lowest BCUT2D eigenvalue weighted by molar-refractivity contribution is 0.0326. The van der Waals surface area contributed by atoms with Gasteiger partial charge in [0, 0.05) is 42.9 Å². The summed E-state index contributed by atoms with van der Waals surface area (Å²) in [6.45, 7) is 6.32. The van der Waals surface area contributed by atoms with Gasteiger partial charge in [-0.05, 0) is 56.5 Å². The van der Waals surface area contributed by atoms with Crippen molar-refractivity contribution in [2.24, 2.45) is 0 Å². The van der Waals surface area contributed by atoms with Crippen molar-refractivity contribution in [3.63, 3.8) is 0 Å². The van der Waals surface area contributed by atoms with E-state index >= 15 is 0 Å². The molecule has 1 unspecified atom stereocenters. The minimum absolute atomic E-state index is 0.467. The zero-order valence-electron chi connectivity index (χ0n) is 14.3. The van der Waals surface area contributed by atoms with Gasteiger partial charge in [-0.2, -0.15) is 0 Å². The predicted molar refractivity (Wildman–Crippen MR) is 97.3 cm³/mol. The van der Waals surface area contributed by atoms with E-state index in [1.165, 1.54) is 31.2 Å². The Morgan fingerprint density at radius 3 is 2.58 bits per heavy atom. The van der Waals surface area contributed by atoms with Crippen LogP contribution in [-0.4, -0.2) is 61.4 Å². The highest BCUT2D eigenvalue weighted by Crippen LogP contribution is 2.35. The van der Waals surface area contributed by atoms with E-state index in [4.69, 9.17) is 16.3 Å². The largest absolute Gasteiger partial charge is 0.381 e. The summed E-state index contributed by atoms with van der Waals surface area (Å²) in [4.78, 5) is 5.43. The summed E-state index contributed by atoms with van der Waals surface area (Å²) in [7, 11) is 0. The topological polar surface area (TPSA) is 27.7 Å². The molecule has 4 rings (SSSR count). The first kappa shape index (κ1) is 16.8. The molecular formula is C19H28ClN3O. The van der Waals surface area contributed by atoms with E-state index in [1.54, 1.807) is 0 Å². The van der Waals surface area contributed by atoms with E-state index in [0.717, 1.165) is 44.5 Å². The predicted octanol–water partition coefficient (Wildman–Crippen LogP) is 2.89. The third-order valence-corrected chi connectivity index (χ3v) is 6.11. The Bertz CT molecular complexity index is 543. The fraction of sp³-hybridized carbons (Fsp3) is 0.684. The number of hydrogen-bond donors (Lipinski definition) is 1. The number of halogens is 1. The van der Waals surface area contributed by atoms with E-state index in [0.29, 0.717) is 18.1 Å². The number of piperidine rings is 1. The molecule has 1 aromatic carbocycles. The molecule has 0 spiro atoms. The smallest absolute Gasteiger partial charge is 0.0518 e. The summed E-state index contributed by atoms with van der Waals surface area (Å²) in [5.74, 6) is 0. The lowest BCUT2D eigenvalue weighted by Crippen LogP contribution is -2.45. The molecule has 0 aromatic heterocycles. The maximum Gasteiger partial charge on any atom is 0.0518 e. The zero-order chi connectivity index (χ0) is 16.4. The molecule has 3 fully saturated rings. The van der Waals surface area contributed by atoms with Crippen LogP contribution in [0, 0.1) is 0 Å². The molecule has 24 heavy (non-hydrogen) atoms. The average molecular weight is 350 g/mol. The van der Waals surface area contributed by atoms with Crippen LogP contribution in [0.25, 0.3) is 0 Å². The van der Waals surface area contributed by atoms with E-state index in [1.807, 2.05) is 6.07 Å². The number of hydrogen-bond acceptors (Lipinski definition) is 4. The molecule has 3 aliphatic rings. The molecule has 3 heterocycles. The molecular weight excluding hydrogens is 322 g/mol. The first-order chi connectivity index (χ1) is 11.8. The summed E-state index contributed by atoms with van der Waals surface area (Å²) in [6.07, 6.45) is 4.84. The number of nitrogens with zero attached hydrogens (tertiary/aromatic N) is 2. The van der Waals surface area contributed by atoms with Crippen LogP contribution in [0.2, 0.25) is 5.02 Å². The Morgan fingerprint density at radius 2 is 1.83 bits per heavy atom. The second-order valence-corrected chi connectivity index (χ2v) is 7.76. The first-order valence-corrected chi connectivity index (χ1v) is 9.73. The Labute approximate surface area is 150 Å². The Balaban J connectivity index is 1.55. The van der Waals surface area contributed by atoms with Crippen LogP contribution in [0.1, 0.15) is 37.3 Å². The van der Waals surface area contributed by atoms with Crippen LogP contribution in [0.15, 0.2) is 24.3 Å². The van der Waals surface area contributed by atoms with Crippen LogP contribution in [-0.2, 0) is 4.74 Å². The van der Waals surface area contributed by atoms with Gasteiger partial charge in [-0.15, -0.1) is 0 Å². The lowest BCUT2D eigenvalue weighted by atomic mass is 10.00. The van der Waals surface area contributed by atoms with Gasteiger partial charge in [0.2, 0.25) is 0 Å². The average Bonchev–Trinajstić information content (AvgIpc) is 3.09. The van der Waals surface area contributed by atoms with Crippen LogP contribution in [0.3, 0.4) is 0 Å². The molecule has 1 aromatic rings. The Hall–Kier alpha value is -0.650. The van der Waals surface area contributed by atoms with E-state index < -0.39 is 0 Å². The fourth-order valence-electron chi connectivity index (χ4n) is 4.53. The normalized spacial score (nSPS) is 28.5. The van der Waals surface area contributed by atoms with E-state index in [-0.39, 0.29) is 0 Å². The van der Waals surface area contributed by atoms with Gasteiger partial charge in [-0.3, -0.25) is 9.80 Å². The third-order valence-electron chi connectivity index (χ3n) is 5.87. The minimum Gasteiger partial charge on any atom is -0.381 e. The summed E-state index contributed by atoms with van der Waals surface area (Å²) in [5.41, 5.74) is 1.37. The van der Waals surface area contributed by atoms with Crippen molar-refractivity contribution in [1.82, 2.24) is 15.1 Å². The second kappa shape index (κ2) is 7.71. The first-order valence-electron chi connectivity index (χ1n) is 9.35. The number of nitrogens with one attached hydrogen (secondary N) is 1.